The van der Waals surface area contributed by atoms with Crippen molar-refractivity contribution in [3.8, 4) is 0 Å². The number of benzene rings is 1. The molecular weight excluding hydrogens is 416 g/mol. The number of amides is 3. The van der Waals surface area contributed by atoms with Gasteiger partial charge in [0.1, 0.15) is 12.3 Å². The summed E-state index contributed by atoms with van der Waals surface area (Å²) in [7, 11) is 1.43. The van der Waals surface area contributed by atoms with E-state index in [1.807, 2.05) is 6.07 Å². The Morgan fingerprint density at radius 3 is 2.47 bits per heavy atom. The SMILES string of the molecule is CNC(=O)C(CCC=O)N1C(=O)c2ccc(N3CC4(CN(CCC(=O)O)C4)C3)cc2C1=O. The highest BCUT2D eigenvalue weighted by atomic mass is 16.4. The molecular formula is C22H26N4O6. The van der Waals surface area contributed by atoms with Crippen molar-refractivity contribution in [3.63, 3.8) is 0 Å². The van der Waals surface area contributed by atoms with E-state index in [0.29, 0.717) is 12.8 Å². The van der Waals surface area contributed by atoms with Gasteiger partial charge in [-0.3, -0.25) is 24.1 Å². The van der Waals surface area contributed by atoms with E-state index in [0.717, 1.165) is 36.8 Å². The van der Waals surface area contributed by atoms with Crippen molar-refractivity contribution in [1.29, 1.82) is 0 Å². The molecule has 32 heavy (non-hydrogen) atoms. The molecule has 3 aliphatic rings. The van der Waals surface area contributed by atoms with Crippen LogP contribution in [0.3, 0.4) is 0 Å². The summed E-state index contributed by atoms with van der Waals surface area (Å²) in [6, 6.07) is 4.10. The first-order valence-electron chi connectivity index (χ1n) is 10.6. The normalized spacial score (nSPS) is 19.9. The molecule has 1 aromatic rings. The van der Waals surface area contributed by atoms with Crippen molar-refractivity contribution in [2.75, 3.05) is 44.7 Å². The third-order valence-electron chi connectivity index (χ3n) is 6.50. The number of carboxylic acids is 1. The molecule has 0 aliphatic carbocycles. The van der Waals surface area contributed by atoms with Crippen molar-refractivity contribution in [2.45, 2.75) is 25.3 Å². The van der Waals surface area contributed by atoms with Crippen LogP contribution < -0.4 is 10.2 Å². The summed E-state index contributed by atoms with van der Waals surface area (Å²) in [6.45, 7) is 3.89. The van der Waals surface area contributed by atoms with Gasteiger partial charge >= 0.3 is 5.97 Å². The van der Waals surface area contributed by atoms with Crippen molar-refractivity contribution in [3.05, 3.63) is 29.3 Å². The maximum Gasteiger partial charge on any atom is 0.304 e. The Morgan fingerprint density at radius 1 is 1.16 bits per heavy atom. The fraction of sp³-hybridized carbons (Fsp3) is 0.500. The highest BCUT2D eigenvalue weighted by molar-refractivity contribution is 6.23. The fourth-order valence-corrected chi connectivity index (χ4v) is 4.96. The number of hydrogen-bond acceptors (Lipinski definition) is 7. The predicted octanol–water partition coefficient (Wildman–Crippen LogP) is -0.0270. The van der Waals surface area contributed by atoms with Gasteiger partial charge in [-0.1, -0.05) is 0 Å². The Hall–Kier alpha value is -3.27. The number of likely N-dealkylation sites (N-methyl/N-ethyl adjacent to an activating group) is 1. The molecule has 0 aromatic heterocycles. The fourth-order valence-electron chi connectivity index (χ4n) is 4.96. The van der Waals surface area contributed by atoms with Crippen LogP contribution in [0.15, 0.2) is 18.2 Å². The Morgan fingerprint density at radius 2 is 1.84 bits per heavy atom. The molecule has 0 saturated carbocycles. The molecule has 1 aromatic carbocycles. The van der Waals surface area contributed by atoms with Crippen molar-refractivity contribution in [1.82, 2.24) is 15.1 Å². The third-order valence-corrected chi connectivity index (χ3v) is 6.50. The number of imide groups is 1. The molecule has 1 spiro atoms. The van der Waals surface area contributed by atoms with E-state index >= 15 is 0 Å². The zero-order valence-electron chi connectivity index (χ0n) is 17.9. The number of fused-ring (bicyclic) bond motifs is 1. The second-order valence-electron chi connectivity index (χ2n) is 8.79. The van der Waals surface area contributed by atoms with Crippen LogP contribution >= 0.6 is 0 Å². The van der Waals surface area contributed by atoms with Gasteiger partial charge in [-0.15, -0.1) is 0 Å². The number of likely N-dealkylation sites (tertiary alicyclic amines) is 1. The van der Waals surface area contributed by atoms with E-state index in [9.17, 15) is 24.0 Å². The average molecular weight is 442 g/mol. The maximum atomic E-state index is 13.0. The number of carbonyl (C=O) groups excluding carboxylic acids is 4. The Kier molecular flexibility index (Phi) is 5.72. The minimum absolute atomic E-state index is 0.0656. The van der Waals surface area contributed by atoms with Crippen LogP contribution in [0.4, 0.5) is 5.69 Å². The monoisotopic (exact) mass is 442 g/mol. The first-order valence-corrected chi connectivity index (χ1v) is 10.6. The first kappa shape index (κ1) is 21.9. The molecule has 170 valence electrons. The zero-order valence-corrected chi connectivity index (χ0v) is 17.9. The van der Waals surface area contributed by atoms with E-state index in [-0.39, 0.29) is 35.8 Å². The summed E-state index contributed by atoms with van der Waals surface area (Å²) in [6.07, 6.45) is 0.945. The molecule has 1 atom stereocenters. The van der Waals surface area contributed by atoms with Crippen LogP contribution in [0.2, 0.25) is 0 Å². The molecule has 4 rings (SSSR count). The number of nitrogens with one attached hydrogen (secondary N) is 1. The standard InChI is InChI=1S/C22H26N4O6/c1-23-19(30)17(3-2-8-27)26-20(31)15-5-4-14(9-16(15)21(26)32)25-12-22(13-25)10-24(11-22)7-6-18(28)29/h4-5,8-9,17H,2-3,6-7,10-13H2,1H3,(H,23,30)(H,28,29). The smallest absolute Gasteiger partial charge is 0.304 e. The van der Waals surface area contributed by atoms with E-state index in [4.69, 9.17) is 5.11 Å². The van der Waals surface area contributed by atoms with E-state index in [2.05, 4.69) is 15.1 Å². The zero-order chi connectivity index (χ0) is 23.0. The molecule has 3 heterocycles. The summed E-state index contributed by atoms with van der Waals surface area (Å²) in [5.74, 6) is -2.32. The number of aliphatic carboxylic acids is 1. The van der Waals surface area contributed by atoms with Crippen LogP contribution in [-0.2, 0) is 14.4 Å². The molecule has 1 unspecified atom stereocenters. The number of hydrogen-bond donors (Lipinski definition) is 2. The quantitative estimate of drug-likeness (QED) is 0.403. The predicted molar refractivity (Wildman–Crippen MR) is 113 cm³/mol. The summed E-state index contributed by atoms with van der Waals surface area (Å²) in [4.78, 5) is 64.9. The molecule has 3 aliphatic heterocycles. The van der Waals surface area contributed by atoms with Crippen molar-refractivity contribution in [2.24, 2.45) is 5.41 Å². The van der Waals surface area contributed by atoms with Gasteiger partial charge in [0.25, 0.3) is 11.8 Å². The molecule has 2 saturated heterocycles. The van der Waals surface area contributed by atoms with E-state index in [1.54, 1.807) is 12.1 Å². The van der Waals surface area contributed by atoms with Crippen LogP contribution in [0.1, 0.15) is 40.0 Å². The highest BCUT2D eigenvalue weighted by Crippen LogP contribution is 2.42. The molecule has 10 heteroatoms. The number of anilines is 1. The van der Waals surface area contributed by atoms with Gasteiger partial charge in [-0.05, 0) is 24.6 Å². The lowest BCUT2D eigenvalue weighted by atomic mass is 9.72. The summed E-state index contributed by atoms with van der Waals surface area (Å²) < 4.78 is 0. The van der Waals surface area contributed by atoms with Gasteiger partial charge in [0.15, 0.2) is 0 Å². The largest absolute Gasteiger partial charge is 0.481 e. The highest BCUT2D eigenvalue weighted by Gasteiger charge is 2.52. The second-order valence-corrected chi connectivity index (χ2v) is 8.79. The van der Waals surface area contributed by atoms with Gasteiger partial charge in [-0.25, -0.2) is 0 Å². The summed E-state index contributed by atoms with van der Waals surface area (Å²) in [5.41, 5.74) is 1.52. The average Bonchev–Trinajstić information content (AvgIpc) is 2.96. The van der Waals surface area contributed by atoms with Crippen LogP contribution in [0.5, 0.6) is 0 Å². The van der Waals surface area contributed by atoms with E-state index < -0.39 is 29.7 Å². The molecule has 3 amide bonds. The van der Waals surface area contributed by atoms with Crippen molar-refractivity contribution < 1.29 is 29.1 Å². The van der Waals surface area contributed by atoms with Gasteiger partial charge in [0.05, 0.1) is 17.5 Å². The number of carboxylic acid groups (broad SMARTS) is 1. The second kappa shape index (κ2) is 8.34. The van der Waals surface area contributed by atoms with Crippen LogP contribution in [0.25, 0.3) is 0 Å². The summed E-state index contributed by atoms with van der Waals surface area (Å²) in [5, 5.41) is 11.3. The maximum absolute atomic E-state index is 13.0. The Bertz CT molecular complexity index is 979. The lowest BCUT2D eigenvalue weighted by Gasteiger charge is -2.61. The first-order chi connectivity index (χ1) is 15.3. The minimum Gasteiger partial charge on any atom is -0.481 e. The van der Waals surface area contributed by atoms with Gasteiger partial charge < -0.3 is 25.0 Å². The summed E-state index contributed by atoms with van der Waals surface area (Å²) >= 11 is 0. The topological polar surface area (TPSA) is 127 Å². The van der Waals surface area contributed by atoms with Gasteiger partial charge in [-0.2, -0.15) is 0 Å². The van der Waals surface area contributed by atoms with Crippen LogP contribution in [0, 0.1) is 5.41 Å². The number of rotatable bonds is 9. The molecule has 10 nitrogen and oxygen atoms in total. The lowest BCUT2D eigenvalue weighted by Crippen LogP contribution is -2.72. The van der Waals surface area contributed by atoms with Crippen LogP contribution in [-0.4, -0.2) is 90.7 Å². The number of aldehydes is 1. The van der Waals surface area contributed by atoms with Gasteiger partial charge in [0, 0.05) is 57.3 Å². The molecule has 0 bridgehead atoms. The number of carbonyl (C=O) groups is 5. The minimum atomic E-state index is -1.03. The molecule has 0 radical (unpaired) electrons. The Balaban J connectivity index is 1.43. The Labute approximate surface area is 185 Å². The van der Waals surface area contributed by atoms with Gasteiger partial charge in [0.2, 0.25) is 5.91 Å². The number of nitrogens with zero attached hydrogens (tertiary/aromatic N) is 3. The lowest BCUT2D eigenvalue weighted by molar-refractivity contribution is -0.138. The van der Waals surface area contributed by atoms with Crippen molar-refractivity contribution >= 4 is 35.7 Å². The molecule has 2 N–H and O–H groups in total. The molecule has 2 fully saturated rings. The third kappa shape index (κ3) is 3.75. The van der Waals surface area contributed by atoms with E-state index in [1.165, 1.54) is 7.05 Å².